The van der Waals surface area contributed by atoms with Gasteiger partial charge in [0.15, 0.2) is 0 Å². The van der Waals surface area contributed by atoms with Crippen molar-refractivity contribution in [2.45, 2.75) is 52.1 Å². The number of fused-ring (bicyclic) bond motifs is 1. The molecule has 0 bridgehead atoms. The highest BCUT2D eigenvalue weighted by molar-refractivity contribution is 9.10. The third kappa shape index (κ3) is 5.89. The molecule has 0 spiro atoms. The minimum atomic E-state index is -1.43. The quantitative estimate of drug-likeness (QED) is 0.369. The molecule has 0 N–H and O–H groups in total. The highest BCUT2D eigenvalue weighted by atomic mass is 79.9. The van der Waals surface area contributed by atoms with E-state index in [1.54, 1.807) is 0 Å². The monoisotopic (exact) mass is 422 g/mol. The Hall–Kier alpha value is -0.876. The van der Waals surface area contributed by atoms with Crippen LogP contribution >= 0.6 is 15.9 Å². The summed E-state index contributed by atoms with van der Waals surface area (Å²) in [4.78, 5) is 0. The molecule has 0 unspecified atom stereocenters. The average Bonchev–Trinajstić information content (AvgIpc) is 2.77. The molecule has 0 amide bonds. The van der Waals surface area contributed by atoms with E-state index in [4.69, 9.17) is 9.84 Å². The van der Waals surface area contributed by atoms with Crippen LogP contribution in [-0.2, 0) is 11.5 Å². The van der Waals surface area contributed by atoms with Crippen molar-refractivity contribution < 1.29 is 4.74 Å². The van der Waals surface area contributed by atoms with Crippen LogP contribution in [0, 0.1) is 11.5 Å². The summed E-state index contributed by atoms with van der Waals surface area (Å²) in [5.41, 5.74) is 5.33. The van der Waals surface area contributed by atoms with E-state index < -0.39 is 16.1 Å². The van der Waals surface area contributed by atoms with Gasteiger partial charge in [0.05, 0.1) is 5.52 Å². The molecule has 0 aliphatic carbocycles. The lowest BCUT2D eigenvalue weighted by atomic mass is 10.2. The molecular weight excluding hydrogens is 396 g/mol. The molecule has 0 atom stereocenters. The van der Waals surface area contributed by atoms with Crippen LogP contribution in [0.25, 0.3) is 10.9 Å². The summed E-state index contributed by atoms with van der Waals surface area (Å²) in [6, 6.07) is 7.38. The maximum atomic E-state index is 5.88. The van der Waals surface area contributed by atoms with E-state index in [2.05, 4.69) is 78.8 Å². The molecule has 0 saturated heterocycles. The van der Waals surface area contributed by atoms with Crippen LogP contribution in [0.1, 0.15) is 5.69 Å². The fourth-order valence-electron chi connectivity index (χ4n) is 2.11. The first-order valence-electron chi connectivity index (χ1n) is 8.32. The van der Waals surface area contributed by atoms with Crippen LogP contribution in [0.5, 0.6) is 0 Å². The molecule has 2 rings (SSSR count). The minimum Gasteiger partial charge on any atom is -0.360 e. The molecule has 0 radical (unpaired) electrons. The number of aromatic nitrogens is 2. The fraction of sp³-hybridized carbons (Fsp3) is 0.500. The smallest absolute Gasteiger partial charge is 0.142 e. The zero-order chi connectivity index (χ0) is 18.0. The Balaban J connectivity index is 2.25. The number of ether oxygens (including phenoxy) is 1. The number of halogens is 1. The zero-order valence-corrected chi connectivity index (χ0v) is 19.1. The van der Waals surface area contributed by atoms with E-state index in [9.17, 15) is 0 Å². The normalized spacial score (nSPS) is 12.3. The Bertz CT molecular complexity index is 776. The number of hydrogen-bond acceptors (Lipinski definition) is 2. The zero-order valence-electron chi connectivity index (χ0n) is 15.5. The molecule has 24 heavy (non-hydrogen) atoms. The predicted octanol–water partition coefficient (Wildman–Crippen LogP) is 5.34. The molecular formula is C18H27BrN2OSi2. The third-order valence-corrected chi connectivity index (χ3v) is 6.55. The van der Waals surface area contributed by atoms with Crippen molar-refractivity contribution in [1.82, 2.24) is 9.78 Å². The molecule has 1 aromatic carbocycles. The van der Waals surface area contributed by atoms with Crippen LogP contribution < -0.4 is 0 Å². The standard InChI is InChI=1S/C18H27BrN2OSi2/c1-23(2,3)11-9-17-16-8-7-15(19)13-18(16)21(20-17)14-22-10-12-24(4,5)6/h7-8,13H,10,12,14H2,1-6H3. The lowest BCUT2D eigenvalue weighted by Gasteiger charge is -2.15. The molecule has 1 aromatic heterocycles. The largest absolute Gasteiger partial charge is 0.360 e. The SMILES string of the molecule is C[Si](C)(C)C#Cc1nn(COCC[Si](C)(C)C)c2cc(Br)ccc12. The van der Waals surface area contributed by atoms with Gasteiger partial charge in [0.1, 0.15) is 20.5 Å². The van der Waals surface area contributed by atoms with Crippen molar-refractivity contribution in [3.63, 3.8) is 0 Å². The van der Waals surface area contributed by atoms with Gasteiger partial charge in [0, 0.05) is 24.5 Å². The van der Waals surface area contributed by atoms with Crippen molar-refractivity contribution in [3.05, 3.63) is 28.4 Å². The van der Waals surface area contributed by atoms with Gasteiger partial charge in [-0.3, -0.25) is 0 Å². The van der Waals surface area contributed by atoms with Gasteiger partial charge in [-0.2, -0.15) is 5.10 Å². The highest BCUT2D eigenvalue weighted by Gasteiger charge is 2.14. The predicted molar refractivity (Wildman–Crippen MR) is 112 cm³/mol. The first-order chi connectivity index (χ1) is 11.1. The summed E-state index contributed by atoms with van der Waals surface area (Å²) in [5, 5.41) is 5.79. The Kier molecular flexibility index (Phi) is 6.13. The van der Waals surface area contributed by atoms with Gasteiger partial charge in [-0.15, -0.1) is 5.54 Å². The van der Waals surface area contributed by atoms with Gasteiger partial charge < -0.3 is 4.74 Å². The fourth-order valence-corrected chi connectivity index (χ4v) is 3.71. The van der Waals surface area contributed by atoms with Gasteiger partial charge in [-0.25, -0.2) is 4.68 Å². The molecule has 0 fully saturated rings. The van der Waals surface area contributed by atoms with E-state index in [1.165, 1.54) is 0 Å². The molecule has 2 aromatic rings. The van der Waals surface area contributed by atoms with Crippen LogP contribution in [0.15, 0.2) is 22.7 Å². The number of hydrogen-bond donors (Lipinski definition) is 0. The summed E-state index contributed by atoms with van der Waals surface area (Å²) >= 11 is 3.55. The molecule has 6 heteroatoms. The maximum Gasteiger partial charge on any atom is 0.142 e. The van der Waals surface area contributed by atoms with Crippen LogP contribution in [0.2, 0.25) is 45.3 Å². The van der Waals surface area contributed by atoms with Crippen LogP contribution in [-0.4, -0.2) is 32.5 Å². The van der Waals surface area contributed by atoms with E-state index in [0.29, 0.717) is 6.73 Å². The van der Waals surface area contributed by atoms with Crippen molar-refractivity contribution in [1.29, 1.82) is 0 Å². The van der Waals surface area contributed by atoms with E-state index >= 15 is 0 Å². The van der Waals surface area contributed by atoms with Crippen LogP contribution in [0.4, 0.5) is 0 Å². The van der Waals surface area contributed by atoms with Crippen molar-refractivity contribution >= 4 is 43.0 Å². The molecule has 1 heterocycles. The van der Waals surface area contributed by atoms with E-state index in [-0.39, 0.29) is 0 Å². The number of rotatable bonds is 5. The van der Waals surface area contributed by atoms with Gasteiger partial charge in [0.2, 0.25) is 0 Å². The second-order valence-corrected chi connectivity index (χ2v) is 19.6. The summed E-state index contributed by atoms with van der Waals surface area (Å²) in [6.07, 6.45) is 0. The molecule has 3 nitrogen and oxygen atoms in total. The maximum absolute atomic E-state index is 5.88. The van der Waals surface area contributed by atoms with Crippen LogP contribution in [0.3, 0.4) is 0 Å². The number of nitrogens with zero attached hydrogens (tertiary/aromatic N) is 2. The molecule has 0 aliphatic heterocycles. The molecule has 130 valence electrons. The second kappa shape index (κ2) is 7.57. The first kappa shape index (κ1) is 19.4. The number of benzene rings is 1. The van der Waals surface area contributed by atoms with Crippen molar-refractivity contribution in [3.8, 4) is 11.5 Å². The Labute approximate surface area is 155 Å². The first-order valence-corrected chi connectivity index (χ1v) is 16.3. The summed E-state index contributed by atoms with van der Waals surface area (Å²) in [6.45, 7) is 15.1. The van der Waals surface area contributed by atoms with E-state index in [1.807, 2.05) is 10.7 Å². The minimum absolute atomic E-state index is 0.478. The summed E-state index contributed by atoms with van der Waals surface area (Å²) in [7, 11) is -2.49. The topological polar surface area (TPSA) is 27.1 Å². The Morgan fingerprint density at radius 3 is 2.50 bits per heavy atom. The van der Waals surface area contributed by atoms with Gasteiger partial charge >= 0.3 is 0 Å². The molecule has 0 saturated carbocycles. The van der Waals surface area contributed by atoms with Crippen molar-refractivity contribution in [2.75, 3.05) is 6.61 Å². The summed E-state index contributed by atoms with van der Waals surface area (Å²) in [5.74, 6) is 3.30. The average molecular weight is 424 g/mol. The Morgan fingerprint density at radius 1 is 1.17 bits per heavy atom. The lowest BCUT2D eigenvalue weighted by Crippen LogP contribution is -2.22. The third-order valence-electron chi connectivity index (χ3n) is 3.48. The Morgan fingerprint density at radius 2 is 1.88 bits per heavy atom. The van der Waals surface area contributed by atoms with Crippen molar-refractivity contribution in [2.24, 2.45) is 0 Å². The summed E-state index contributed by atoms with van der Waals surface area (Å²) < 4.78 is 8.86. The van der Waals surface area contributed by atoms with Gasteiger partial charge in [-0.1, -0.05) is 61.1 Å². The highest BCUT2D eigenvalue weighted by Crippen LogP contribution is 2.23. The van der Waals surface area contributed by atoms with Gasteiger partial charge in [0.25, 0.3) is 0 Å². The van der Waals surface area contributed by atoms with E-state index in [0.717, 1.165) is 33.7 Å². The second-order valence-electron chi connectivity index (χ2n) is 8.36. The lowest BCUT2D eigenvalue weighted by molar-refractivity contribution is 0.0816. The molecule has 0 aliphatic rings. The van der Waals surface area contributed by atoms with Gasteiger partial charge in [-0.05, 0) is 24.2 Å².